The number of benzene rings is 2. The van der Waals surface area contributed by atoms with Crippen LogP contribution in [-0.4, -0.2) is 17.4 Å². The Morgan fingerprint density at radius 1 is 1.12 bits per heavy atom. The number of hydrogen-bond acceptors (Lipinski definition) is 4. The zero-order chi connectivity index (χ0) is 16.8. The summed E-state index contributed by atoms with van der Waals surface area (Å²) in [6.07, 6.45) is 3.98. The number of fused-ring (bicyclic) bond motifs is 1. The van der Waals surface area contributed by atoms with Crippen LogP contribution >= 0.6 is 11.3 Å². The molecule has 24 heavy (non-hydrogen) atoms. The maximum atomic E-state index is 5.65. The van der Waals surface area contributed by atoms with Crippen molar-refractivity contribution < 1.29 is 4.74 Å². The second kappa shape index (κ2) is 7.93. The zero-order valence-corrected chi connectivity index (χ0v) is 14.8. The first-order valence-corrected chi connectivity index (χ1v) is 8.94. The van der Waals surface area contributed by atoms with Crippen LogP contribution in [0.4, 0.5) is 0 Å². The van der Waals surface area contributed by atoms with Crippen LogP contribution < -0.4 is 9.54 Å². The third kappa shape index (κ3) is 3.92. The Balaban J connectivity index is 1.72. The first-order chi connectivity index (χ1) is 11.8. The molecule has 0 radical (unpaired) electrons. The molecular weight excluding hydrogens is 318 g/mol. The predicted molar refractivity (Wildman–Crippen MR) is 101 cm³/mol. The van der Waals surface area contributed by atoms with Gasteiger partial charge in [0, 0.05) is 7.05 Å². The van der Waals surface area contributed by atoms with Gasteiger partial charge in [-0.15, -0.1) is 5.10 Å². The molecule has 0 saturated carbocycles. The molecule has 1 aromatic heterocycles. The number of rotatable bonds is 6. The van der Waals surface area contributed by atoms with E-state index in [1.807, 2.05) is 43.4 Å². The number of ether oxygens (including phenoxy) is 1. The van der Waals surface area contributed by atoms with Crippen LogP contribution in [0.5, 0.6) is 5.75 Å². The Hall–Kier alpha value is -2.40. The Labute approximate surface area is 145 Å². The van der Waals surface area contributed by atoms with Crippen LogP contribution in [0.2, 0.25) is 0 Å². The highest BCUT2D eigenvalue weighted by Gasteiger charge is 2.00. The SMILES string of the molecule is CCCCOc1ccc(/C=N/N=c2\sc3ccccc3n2C)cc1. The summed E-state index contributed by atoms with van der Waals surface area (Å²) in [4.78, 5) is 0.881. The molecule has 0 atom stereocenters. The summed E-state index contributed by atoms with van der Waals surface area (Å²) in [5.41, 5.74) is 2.18. The van der Waals surface area contributed by atoms with E-state index in [0.29, 0.717) is 0 Å². The van der Waals surface area contributed by atoms with Gasteiger partial charge in [-0.1, -0.05) is 36.8 Å². The molecule has 124 valence electrons. The van der Waals surface area contributed by atoms with Crippen molar-refractivity contribution >= 4 is 27.8 Å². The average molecular weight is 339 g/mol. The lowest BCUT2D eigenvalue weighted by molar-refractivity contribution is 0.309. The molecule has 0 fully saturated rings. The minimum absolute atomic E-state index is 0.766. The van der Waals surface area contributed by atoms with E-state index in [9.17, 15) is 0 Å². The minimum Gasteiger partial charge on any atom is -0.494 e. The van der Waals surface area contributed by atoms with E-state index in [1.54, 1.807) is 17.6 Å². The van der Waals surface area contributed by atoms with Crippen molar-refractivity contribution in [3.8, 4) is 5.75 Å². The summed E-state index contributed by atoms with van der Waals surface area (Å²) < 4.78 is 8.92. The summed E-state index contributed by atoms with van der Waals surface area (Å²) in [5, 5.41) is 8.56. The molecule has 0 aliphatic rings. The van der Waals surface area contributed by atoms with Crippen molar-refractivity contribution in [2.75, 3.05) is 6.61 Å². The molecule has 1 heterocycles. The summed E-state index contributed by atoms with van der Waals surface area (Å²) in [6.45, 7) is 2.92. The maximum absolute atomic E-state index is 5.65. The highest BCUT2D eigenvalue weighted by Crippen LogP contribution is 2.15. The predicted octanol–water partition coefficient (Wildman–Crippen LogP) is 4.35. The standard InChI is InChI=1S/C19H21N3OS/c1-3-4-13-23-16-11-9-15(10-12-16)14-20-21-19-22(2)17-7-5-6-8-18(17)24-19/h5-12,14H,3-4,13H2,1-2H3/b20-14+,21-19-. The number of aryl methyl sites for hydroxylation is 1. The first kappa shape index (κ1) is 16.5. The molecule has 3 aromatic rings. The molecule has 2 aromatic carbocycles. The number of thiazole rings is 1. The van der Waals surface area contributed by atoms with Gasteiger partial charge >= 0.3 is 0 Å². The lowest BCUT2D eigenvalue weighted by atomic mass is 10.2. The quantitative estimate of drug-likeness (QED) is 0.374. The number of unbranched alkanes of at least 4 members (excludes halogenated alkanes) is 1. The third-order valence-corrected chi connectivity index (χ3v) is 4.81. The molecule has 5 heteroatoms. The topological polar surface area (TPSA) is 38.9 Å². The van der Waals surface area contributed by atoms with Gasteiger partial charge in [0.1, 0.15) is 5.75 Å². The summed E-state index contributed by atoms with van der Waals surface area (Å²) in [7, 11) is 2.01. The molecule has 0 spiro atoms. The van der Waals surface area contributed by atoms with E-state index in [1.165, 1.54) is 10.2 Å². The Bertz CT molecular complexity index is 891. The van der Waals surface area contributed by atoms with Gasteiger partial charge in [0.25, 0.3) is 0 Å². The third-order valence-electron chi connectivity index (χ3n) is 3.71. The van der Waals surface area contributed by atoms with Crippen LogP contribution in [0.25, 0.3) is 10.2 Å². The van der Waals surface area contributed by atoms with Crippen LogP contribution in [-0.2, 0) is 7.05 Å². The average Bonchev–Trinajstić information content (AvgIpc) is 2.93. The van der Waals surface area contributed by atoms with Gasteiger partial charge in [-0.25, -0.2) is 0 Å². The normalized spacial score (nSPS) is 12.3. The van der Waals surface area contributed by atoms with Crippen molar-refractivity contribution in [1.29, 1.82) is 0 Å². The van der Waals surface area contributed by atoms with Crippen molar-refractivity contribution in [1.82, 2.24) is 4.57 Å². The second-order valence-corrected chi connectivity index (χ2v) is 6.54. The fraction of sp³-hybridized carbons (Fsp3) is 0.263. The van der Waals surface area contributed by atoms with Crippen LogP contribution in [0.1, 0.15) is 25.3 Å². The second-order valence-electron chi connectivity index (χ2n) is 5.53. The van der Waals surface area contributed by atoms with E-state index in [0.717, 1.165) is 35.6 Å². The molecular formula is C19H21N3OS. The highest BCUT2D eigenvalue weighted by atomic mass is 32.1. The highest BCUT2D eigenvalue weighted by molar-refractivity contribution is 7.16. The molecule has 4 nitrogen and oxygen atoms in total. The fourth-order valence-corrected chi connectivity index (χ4v) is 3.28. The number of nitrogens with zero attached hydrogens (tertiary/aromatic N) is 3. The smallest absolute Gasteiger partial charge is 0.211 e. The van der Waals surface area contributed by atoms with Crippen molar-refractivity contribution in [3.63, 3.8) is 0 Å². The molecule has 3 rings (SSSR count). The van der Waals surface area contributed by atoms with Crippen LogP contribution in [0.15, 0.2) is 58.7 Å². The lowest BCUT2D eigenvalue weighted by Crippen LogP contribution is -2.08. The van der Waals surface area contributed by atoms with Gasteiger partial charge < -0.3 is 9.30 Å². The minimum atomic E-state index is 0.766. The van der Waals surface area contributed by atoms with E-state index in [2.05, 4.69) is 33.8 Å². The number of hydrogen-bond donors (Lipinski definition) is 0. The summed E-state index contributed by atoms with van der Waals surface area (Å²) in [6, 6.07) is 16.2. The zero-order valence-electron chi connectivity index (χ0n) is 14.0. The van der Waals surface area contributed by atoms with Crippen molar-refractivity contribution in [2.24, 2.45) is 17.3 Å². The molecule has 0 amide bonds. The van der Waals surface area contributed by atoms with Gasteiger partial charge in [0.15, 0.2) is 0 Å². The van der Waals surface area contributed by atoms with Gasteiger partial charge in [0.05, 0.1) is 23.0 Å². The summed E-state index contributed by atoms with van der Waals surface area (Å²) >= 11 is 1.64. The fourth-order valence-electron chi connectivity index (χ4n) is 2.31. The van der Waals surface area contributed by atoms with E-state index >= 15 is 0 Å². The van der Waals surface area contributed by atoms with E-state index in [4.69, 9.17) is 4.74 Å². The molecule has 0 aliphatic heterocycles. The Morgan fingerprint density at radius 2 is 1.92 bits per heavy atom. The number of para-hydroxylation sites is 1. The lowest BCUT2D eigenvalue weighted by Gasteiger charge is -2.04. The van der Waals surface area contributed by atoms with Crippen LogP contribution in [0.3, 0.4) is 0 Å². The molecule has 0 saturated heterocycles. The van der Waals surface area contributed by atoms with Crippen molar-refractivity contribution in [2.45, 2.75) is 19.8 Å². The van der Waals surface area contributed by atoms with Gasteiger partial charge in [-0.05, 0) is 48.4 Å². The molecule has 0 bridgehead atoms. The summed E-state index contributed by atoms with van der Waals surface area (Å²) in [5.74, 6) is 0.897. The van der Waals surface area contributed by atoms with Gasteiger partial charge in [0.2, 0.25) is 4.80 Å². The van der Waals surface area contributed by atoms with E-state index < -0.39 is 0 Å². The molecule has 0 aliphatic carbocycles. The molecule has 0 unspecified atom stereocenters. The monoisotopic (exact) mass is 339 g/mol. The largest absolute Gasteiger partial charge is 0.494 e. The van der Waals surface area contributed by atoms with Crippen molar-refractivity contribution in [3.05, 3.63) is 58.9 Å². The Kier molecular flexibility index (Phi) is 5.43. The van der Waals surface area contributed by atoms with E-state index in [-0.39, 0.29) is 0 Å². The first-order valence-electron chi connectivity index (χ1n) is 8.12. The molecule has 0 N–H and O–H groups in total. The Morgan fingerprint density at radius 3 is 2.67 bits per heavy atom. The maximum Gasteiger partial charge on any atom is 0.211 e. The van der Waals surface area contributed by atoms with Crippen LogP contribution in [0, 0.1) is 0 Å². The number of aromatic nitrogens is 1. The van der Waals surface area contributed by atoms with Gasteiger partial charge in [-0.2, -0.15) is 5.10 Å². The van der Waals surface area contributed by atoms with Gasteiger partial charge in [-0.3, -0.25) is 0 Å².